The van der Waals surface area contributed by atoms with E-state index in [4.69, 9.17) is 9.47 Å². The molecule has 1 amide bonds. The van der Waals surface area contributed by atoms with Gasteiger partial charge in [-0.05, 0) is 12.8 Å². The molecule has 1 fully saturated rings. The van der Waals surface area contributed by atoms with E-state index < -0.39 is 55.6 Å². The Labute approximate surface area is 413 Å². The van der Waals surface area contributed by atoms with Gasteiger partial charge in [0.05, 0.1) is 25.4 Å². The van der Waals surface area contributed by atoms with Gasteiger partial charge in [0, 0.05) is 6.42 Å². The highest BCUT2D eigenvalue weighted by molar-refractivity contribution is 5.76. The number of amides is 1. The summed E-state index contributed by atoms with van der Waals surface area (Å²) in [5.41, 5.74) is 0. The lowest BCUT2D eigenvalue weighted by Crippen LogP contribution is -2.60. The molecule has 1 rings (SSSR count). The fraction of sp³-hybridized carbons (Fsp3) is 0.982. The number of hydrogen-bond acceptors (Lipinski definition) is 9. The van der Waals surface area contributed by atoms with Crippen molar-refractivity contribution in [3.05, 3.63) is 0 Å². The van der Waals surface area contributed by atoms with Crippen LogP contribution >= 0.6 is 0 Å². The highest BCUT2D eigenvalue weighted by Crippen LogP contribution is 2.24. The molecule has 1 saturated heterocycles. The van der Waals surface area contributed by atoms with Crippen molar-refractivity contribution in [3.63, 3.8) is 0 Å². The van der Waals surface area contributed by atoms with Gasteiger partial charge in [-0.25, -0.2) is 0 Å². The second kappa shape index (κ2) is 47.5. The smallest absolute Gasteiger partial charge is 0.220 e. The Balaban J connectivity index is 2.14. The SMILES string of the molecule is CCCCCCCCCCCCCCCCCCCCCCCCCCCCCCCCC(=O)N[C@@H](CO[C@@H]1O[C@H](CO)[C@@H](O)C(O)C1O)[C@H](O)[C@H](O)CCCCCCCCCCCCCC. The van der Waals surface area contributed by atoms with Gasteiger partial charge < -0.3 is 45.4 Å². The topological polar surface area (TPSA) is 169 Å². The summed E-state index contributed by atoms with van der Waals surface area (Å²) in [6.45, 7) is 3.64. The summed E-state index contributed by atoms with van der Waals surface area (Å²) in [4.78, 5) is 13.1. The average molecular weight is 957 g/mol. The summed E-state index contributed by atoms with van der Waals surface area (Å²) in [7, 11) is 0. The zero-order chi connectivity index (χ0) is 48.8. The Morgan fingerprint density at radius 2 is 0.776 bits per heavy atom. The first-order valence-electron chi connectivity index (χ1n) is 29.3. The summed E-state index contributed by atoms with van der Waals surface area (Å²) in [6.07, 6.45) is 45.7. The zero-order valence-corrected chi connectivity index (χ0v) is 44.1. The van der Waals surface area contributed by atoms with E-state index in [1.54, 1.807) is 0 Å². The van der Waals surface area contributed by atoms with Gasteiger partial charge in [-0.3, -0.25) is 4.79 Å². The van der Waals surface area contributed by atoms with Gasteiger partial charge in [0.15, 0.2) is 6.29 Å². The number of unbranched alkanes of at least 4 members (excludes halogenated alkanes) is 40. The van der Waals surface area contributed by atoms with E-state index in [2.05, 4.69) is 19.2 Å². The second-order valence-electron chi connectivity index (χ2n) is 20.9. The van der Waals surface area contributed by atoms with Crippen molar-refractivity contribution < 1.29 is 44.9 Å². The molecule has 0 radical (unpaired) electrons. The van der Waals surface area contributed by atoms with E-state index in [9.17, 15) is 35.4 Å². The molecule has 0 aromatic heterocycles. The van der Waals surface area contributed by atoms with Crippen molar-refractivity contribution in [1.29, 1.82) is 0 Å². The molecule has 1 aliphatic heterocycles. The average Bonchev–Trinajstić information content (AvgIpc) is 3.33. The van der Waals surface area contributed by atoms with Gasteiger partial charge in [0.2, 0.25) is 5.91 Å². The summed E-state index contributed by atoms with van der Waals surface area (Å²) in [6, 6.07) is -0.985. The monoisotopic (exact) mass is 956 g/mol. The quantitative estimate of drug-likeness (QED) is 0.0293. The molecule has 1 heterocycles. The third-order valence-corrected chi connectivity index (χ3v) is 14.6. The summed E-state index contributed by atoms with van der Waals surface area (Å²) in [5.74, 6) is -0.251. The number of aliphatic hydroxyl groups excluding tert-OH is 6. The van der Waals surface area contributed by atoms with E-state index in [1.807, 2.05) is 0 Å². The first-order chi connectivity index (χ1) is 32.8. The summed E-state index contributed by atoms with van der Waals surface area (Å²) >= 11 is 0. The van der Waals surface area contributed by atoms with Crippen LogP contribution in [0.25, 0.3) is 0 Å². The van der Waals surface area contributed by atoms with Crippen LogP contribution in [-0.2, 0) is 14.3 Å². The Hall–Kier alpha value is -0.850. The molecule has 7 N–H and O–H groups in total. The number of rotatable bonds is 51. The summed E-state index contributed by atoms with van der Waals surface area (Å²) in [5, 5.41) is 65.4. The van der Waals surface area contributed by atoms with Crippen molar-refractivity contribution in [3.8, 4) is 0 Å². The normalized spacial score (nSPS) is 20.0. The van der Waals surface area contributed by atoms with Crippen LogP contribution in [-0.4, -0.2) is 98.7 Å². The standard InChI is InChI=1S/C57H113NO9/c1-3-5-7-9-11-13-15-17-18-19-20-21-22-23-24-25-26-27-28-29-30-31-32-33-34-36-38-40-42-44-46-52(61)58-49(48-66-57-56(65)55(64)54(63)51(47-59)67-57)53(62)50(60)45-43-41-39-37-35-16-14-12-10-8-6-4-2/h49-51,53-57,59-60,62-65H,3-48H2,1-2H3,(H,58,61)/t49-,50+,51+,53-,54+,55?,56?,57+/m0/s1. The van der Waals surface area contributed by atoms with Crippen LogP contribution in [0.5, 0.6) is 0 Å². The van der Waals surface area contributed by atoms with Gasteiger partial charge in [-0.2, -0.15) is 0 Å². The molecule has 2 unspecified atom stereocenters. The van der Waals surface area contributed by atoms with Crippen molar-refractivity contribution >= 4 is 5.91 Å². The van der Waals surface area contributed by atoms with E-state index in [-0.39, 0.29) is 18.9 Å². The molecule has 67 heavy (non-hydrogen) atoms. The van der Waals surface area contributed by atoms with Crippen LogP contribution < -0.4 is 5.32 Å². The van der Waals surface area contributed by atoms with E-state index in [0.717, 1.165) is 38.5 Å². The van der Waals surface area contributed by atoms with Crippen molar-refractivity contribution in [1.82, 2.24) is 5.32 Å². The maximum atomic E-state index is 13.1. The first-order valence-corrected chi connectivity index (χ1v) is 29.3. The molecule has 0 bridgehead atoms. The number of ether oxygens (including phenoxy) is 2. The number of carbonyl (C=O) groups is 1. The molecule has 400 valence electrons. The molecular weight excluding hydrogens is 843 g/mol. The van der Waals surface area contributed by atoms with Crippen LogP contribution in [0.3, 0.4) is 0 Å². The van der Waals surface area contributed by atoms with Crippen LogP contribution in [0.1, 0.15) is 296 Å². The van der Waals surface area contributed by atoms with Crippen molar-refractivity contribution in [2.24, 2.45) is 0 Å². The molecule has 0 aromatic rings. The molecule has 0 spiro atoms. The molecule has 0 aliphatic carbocycles. The predicted octanol–water partition coefficient (Wildman–Crippen LogP) is 13.2. The van der Waals surface area contributed by atoms with Gasteiger partial charge in [0.25, 0.3) is 0 Å². The minimum Gasteiger partial charge on any atom is -0.394 e. The number of nitrogens with one attached hydrogen (secondary N) is 1. The highest BCUT2D eigenvalue weighted by atomic mass is 16.7. The minimum atomic E-state index is -1.60. The minimum absolute atomic E-state index is 0.251. The van der Waals surface area contributed by atoms with E-state index in [0.29, 0.717) is 6.42 Å². The molecule has 8 atom stereocenters. The zero-order valence-electron chi connectivity index (χ0n) is 44.1. The predicted molar refractivity (Wildman–Crippen MR) is 278 cm³/mol. The fourth-order valence-corrected chi connectivity index (χ4v) is 9.85. The van der Waals surface area contributed by atoms with Gasteiger partial charge in [-0.1, -0.05) is 277 Å². The first kappa shape index (κ1) is 64.2. The van der Waals surface area contributed by atoms with Crippen LogP contribution in [0.4, 0.5) is 0 Å². The number of carbonyl (C=O) groups excluding carboxylic acids is 1. The number of hydrogen-bond donors (Lipinski definition) is 7. The Kier molecular flexibility index (Phi) is 45.5. The van der Waals surface area contributed by atoms with Crippen molar-refractivity contribution in [2.45, 2.75) is 345 Å². The summed E-state index contributed by atoms with van der Waals surface area (Å²) < 4.78 is 11.2. The maximum Gasteiger partial charge on any atom is 0.220 e. The van der Waals surface area contributed by atoms with Gasteiger partial charge in [-0.15, -0.1) is 0 Å². The van der Waals surface area contributed by atoms with Gasteiger partial charge in [0.1, 0.15) is 30.5 Å². The van der Waals surface area contributed by atoms with Crippen molar-refractivity contribution in [2.75, 3.05) is 13.2 Å². The fourth-order valence-electron chi connectivity index (χ4n) is 9.85. The Morgan fingerprint density at radius 3 is 1.10 bits per heavy atom. The lowest BCUT2D eigenvalue weighted by atomic mass is 9.98. The number of aliphatic hydroxyl groups is 6. The van der Waals surface area contributed by atoms with Crippen LogP contribution in [0.2, 0.25) is 0 Å². The molecule has 10 heteroatoms. The molecule has 0 aromatic carbocycles. The lowest BCUT2D eigenvalue weighted by Gasteiger charge is -2.40. The van der Waals surface area contributed by atoms with Crippen LogP contribution in [0, 0.1) is 0 Å². The van der Waals surface area contributed by atoms with Gasteiger partial charge >= 0.3 is 0 Å². The largest absolute Gasteiger partial charge is 0.394 e. The maximum absolute atomic E-state index is 13.1. The third-order valence-electron chi connectivity index (χ3n) is 14.6. The lowest BCUT2D eigenvalue weighted by molar-refractivity contribution is -0.303. The molecule has 0 saturated carbocycles. The highest BCUT2D eigenvalue weighted by Gasteiger charge is 2.44. The second-order valence-corrected chi connectivity index (χ2v) is 20.9. The van der Waals surface area contributed by atoms with E-state index in [1.165, 1.54) is 231 Å². The van der Waals surface area contributed by atoms with E-state index >= 15 is 0 Å². The Bertz CT molecular complexity index is 1040. The van der Waals surface area contributed by atoms with Crippen LogP contribution in [0.15, 0.2) is 0 Å². The Morgan fingerprint density at radius 1 is 0.463 bits per heavy atom. The third kappa shape index (κ3) is 36.7. The molecular formula is C57H113NO9. The molecule has 10 nitrogen and oxygen atoms in total. The molecule has 1 aliphatic rings.